The Hall–Kier alpha value is -0.640. The molecule has 0 atom stereocenters. The van der Waals surface area contributed by atoms with Gasteiger partial charge in [0.15, 0.2) is 0 Å². The maximum Gasteiger partial charge on any atom is 0.145 e. The zero-order valence-electron chi connectivity index (χ0n) is 7.31. The summed E-state index contributed by atoms with van der Waals surface area (Å²) in [4.78, 5) is 4.37. The molecule has 0 fully saturated rings. The molecule has 0 saturated carbocycles. The Balaban J connectivity index is 2.92. The van der Waals surface area contributed by atoms with Crippen molar-refractivity contribution in [1.82, 2.24) is 0 Å². The quantitative estimate of drug-likeness (QED) is 0.765. The minimum atomic E-state index is -0.385. The fourth-order valence-electron chi connectivity index (χ4n) is 1.15. The summed E-state index contributed by atoms with van der Waals surface area (Å²) in [6.07, 6.45) is 0.434. The van der Waals surface area contributed by atoms with Gasteiger partial charge in [-0.05, 0) is 24.1 Å². The highest BCUT2D eigenvalue weighted by Gasteiger charge is 2.07. The highest BCUT2D eigenvalue weighted by Crippen LogP contribution is 2.20. The van der Waals surface area contributed by atoms with Crippen LogP contribution in [0.2, 0.25) is 5.02 Å². The van der Waals surface area contributed by atoms with Crippen LogP contribution in [0.25, 0.3) is 0 Å². The smallest absolute Gasteiger partial charge is 0.145 e. The molecule has 0 saturated heterocycles. The fraction of sp³-hybridized carbons (Fsp3) is 0.333. The molecule has 0 aliphatic heterocycles. The van der Waals surface area contributed by atoms with Crippen LogP contribution in [-0.4, -0.2) is 6.61 Å². The van der Waals surface area contributed by atoms with Gasteiger partial charge in [-0.15, -0.1) is 0 Å². The molecule has 1 aromatic rings. The van der Waals surface area contributed by atoms with E-state index in [1.807, 2.05) is 6.92 Å². The van der Waals surface area contributed by atoms with Gasteiger partial charge in [-0.1, -0.05) is 17.7 Å². The first-order valence-corrected chi connectivity index (χ1v) is 4.29. The average Bonchev–Trinajstić information content (AvgIpc) is 2.09. The van der Waals surface area contributed by atoms with E-state index in [2.05, 4.69) is 4.84 Å². The molecule has 72 valence electrons. The Kier molecular flexibility index (Phi) is 3.66. The van der Waals surface area contributed by atoms with E-state index in [1.165, 1.54) is 0 Å². The number of rotatable bonds is 3. The minimum absolute atomic E-state index is 0.145. The lowest BCUT2D eigenvalue weighted by Crippen LogP contribution is -2.05. The highest BCUT2D eigenvalue weighted by molar-refractivity contribution is 6.30. The van der Waals surface area contributed by atoms with Crippen molar-refractivity contribution in [1.29, 1.82) is 0 Å². The fourth-order valence-corrected chi connectivity index (χ4v) is 1.44. The molecule has 0 bridgehead atoms. The molecule has 0 amide bonds. The van der Waals surface area contributed by atoms with Crippen LogP contribution >= 0.6 is 11.6 Å². The number of nitrogens with two attached hydrogens (primary N) is 1. The third-order valence-corrected chi connectivity index (χ3v) is 2.01. The number of halogens is 2. The van der Waals surface area contributed by atoms with Crippen LogP contribution in [0.1, 0.15) is 11.1 Å². The molecule has 0 aromatic heterocycles. The molecule has 2 N–H and O–H groups in total. The van der Waals surface area contributed by atoms with Crippen molar-refractivity contribution in [3.8, 4) is 0 Å². The average molecular weight is 204 g/mol. The molecule has 13 heavy (non-hydrogen) atoms. The molecule has 0 spiro atoms. The molecule has 1 rings (SSSR count). The zero-order chi connectivity index (χ0) is 9.84. The molecule has 0 radical (unpaired) electrons. The first-order valence-electron chi connectivity index (χ1n) is 3.91. The van der Waals surface area contributed by atoms with Gasteiger partial charge in [0.2, 0.25) is 0 Å². The standard InChI is InChI=1S/C9H11ClFNO/c1-6-4-7(2-3-13-12)9(11)8(10)5-6/h4-5H,2-3,12H2,1H3. The largest absolute Gasteiger partial charge is 0.304 e. The minimum Gasteiger partial charge on any atom is -0.304 e. The maximum absolute atomic E-state index is 13.3. The second-order valence-corrected chi connectivity index (χ2v) is 3.25. The van der Waals surface area contributed by atoms with Crippen molar-refractivity contribution in [3.05, 3.63) is 34.1 Å². The van der Waals surface area contributed by atoms with Crippen molar-refractivity contribution < 1.29 is 9.23 Å². The normalized spacial score (nSPS) is 10.5. The molecule has 0 aliphatic rings. The van der Waals surface area contributed by atoms with Gasteiger partial charge in [-0.25, -0.2) is 10.3 Å². The predicted octanol–water partition coefficient (Wildman–Crippen LogP) is 2.22. The molecule has 1 aromatic carbocycles. The summed E-state index contributed by atoms with van der Waals surface area (Å²) >= 11 is 5.65. The lowest BCUT2D eigenvalue weighted by molar-refractivity contribution is 0.140. The summed E-state index contributed by atoms with van der Waals surface area (Å²) in [7, 11) is 0. The van der Waals surface area contributed by atoms with Gasteiger partial charge in [0, 0.05) is 6.42 Å². The van der Waals surface area contributed by atoms with Gasteiger partial charge in [-0.2, -0.15) is 0 Å². The number of hydrogen-bond acceptors (Lipinski definition) is 2. The van der Waals surface area contributed by atoms with Crippen molar-refractivity contribution in [2.75, 3.05) is 6.61 Å². The second kappa shape index (κ2) is 4.56. The molecule has 0 heterocycles. The van der Waals surface area contributed by atoms with E-state index < -0.39 is 0 Å². The summed E-state index contributed by atoms with van der Waals surface area (Å²) in [5.74, 6) is 4.46. The monoisotopic (exact) mass is 203 g/mol. The van der Waals surface area contributed by atoms with E-state index in [9.17, 15) is 4.39 Å². The summed E-state index contributed by atoms with van der Waals surface area (Å²) in [6, 6.07) is 3.32. The van der Waals surface area contributed by atoms with E-state index in [0.29, 0.717) is 12.0 Å². The number of aryl methyl sites for hydroxylation is 1. The molecular weight excluding hydrogens is 193 g/mol. The van der Waals surface area contributed by atoms with Crippen molar-refractivity contribution in [2.45, 2.75) is 13.3 Å². The van der Waals surface area contributed by atoms with E-state index in [4.69, 9.17) is 17.5 Å². The second-order valence-electron chi connectivity index (χ2n) is 2.84. The van der Waals surface area contributed by atoms with Gasteiger partial charge in [0.25, 0.3) is 0 Å². The van der Waals surface area contributed by atoms with E-state index in [-0.39, 0.29) is 17.4 Å². The lowest BCUT2D eigenvalue weighted by Gasteiger charge is -2.05. The van der Waals surface area contributed by atoms with Crippen LogP contribution < -0.4 is 5.90 Å². The molecule has 0 aliphatic carbocycles. The van der Waals surface area contributed by atoms with Crippen molar-refractivity contribution >= 4 is 11.6 Å². The third-order valence-electron chi connectivity index (χ3n) is 1.74. The van der Waals surface area contributed by atoms with Gasteiger partial charge in [0.1, 0.15) is 5.82 Å². The van der Waals surface area contributed by atoms with Crippen molar-refractivity contribution in [3.63, 3.8) is 0 Å². The molecule has 2 nitrogen and oxygen atoms in total. The van der Waals surface area contributed by atoms with E-state index in [0.717, 1.165) is 5.56 Å². The molecule has 0 unspecified atom stereocenters. The van der Waals surface area contributed by atoms with Crippen LogP contribution in [0.5, 0.6) is 0 Å². The Morgan fingerprint density at radius 1 is 1.54 bits per heavy atom. The van der Waals surface area contributed by atoms with Gasteiger partial charge >= 0.3 is 0 Å². The molecule has 4 heteroatoms. The van der Waals surface area contributed by atoms with Gasteiger partial charge in [-0.3, -0.25) is 0 Å². The summed E-state index contributed by atoms with van der Waals surface area (Å²) < 4.78 is 13.3. The molecular formula is C9H11ClFNO. The summed E-state index contributed by atoms with van der Waals surface area (Å²) in [5, 5.41) is 0.145. The SMILES string of the molecule is Cc1cc(Cl)c(F)c(CCON)c1. The van der Waals surface area contributed by atoms with E-state index in [1.54, 1.807) is 12.1 Å². The Morgan fingerprint density at radius 3 is 2.85 bits per heavy atom. The zero-order valence-corrected chi connectivity index (χ0v) is 8.07. The van der Waals surface area contributed by atoms with Crippen LogP contribution in [0, 0.1) is 12.7 Å². The maximum atomic E-state index is 13.3. The van der Waals surface area contributed by atoms with Crippen molar-refractivity contribution in [2.24, 2.45) is 5.90 Å². The predicted molar refractivity (Wildman–Crippen MR) is 50.0 cm³/mol. The van der Waals surface area contributed by atoms with E-state index >= 15 is 0 Å². The number of hydrogen-bond donors (Lipinski definition) is 1. The summed E-state index contributed by atoms with van der Waals surface area (Å²) in [5.41, 5.74) is 1.47. The highest BCUT2D eigenvalue weighted by atomic mass is 35.5. The Morgan fingerprint density at radius 2 is 2.23 bits per heavy atom. The lowest BCUT2D eigenvalue weighted by atomic mass is 10.1. The van der Waals surface area contributed by atoms with Crippen LogP contribution in [0.4, 0.5) is 4.39 Å². The van der Waals surface area contributed by atoms with Gasteiger partial charge in [0.05, 0.1) is 11.6 Å². The number of benzene rings is 1. The van der Waals surface area contributed by atoms with Crippen LogP contribution in [-0.2, 0) is 11.3 Å². The topological polar surface area (TPSA) is 35.2 Å². The third kappa shape index (κ3) is 2.66. The Labute approximate surface area is 81.4 Å². The van der Waals surface area contributed by atoms with Crippen LogP contribution in [0.3, 0.4) is 0 Å². The first-order chi connectivity index (χ1) is 6.15. The Bertz CT molecular complexity index is 304. The van der Waals surface area contributed by atoms with Gasteiger partial charge < -0.3 is 4.84 Å². The van der Waals surface area contributed by atoms with Crippen LogP contribution in [0.15, 0.2) is 12.1 Å². The summed E-state index contributed by atoms with van der Waals surface area (Å²) in [6.45, 7) is 2.15. The first kappa shape index (κ1) is 10.4.